The van der Waals surface area contributed by atoms with Crippen LogP contribution < -0.4 is 11.3 Å². The topological polar surface area (TPSA) is 77.7 Å². The highest BCUT2D eigenvalue weighted by atomic mass is 16.3. The third kappa shape index (κ3) is 3.64. The summed E-state index contributed by atoms with van der Waals surface area (Å²) in [6.45, 7) is 5.92. The molecule has 1 fully saturated rings. The molecule has 0 spiro atoms. The van der Waals surface area contributed by atoms with Crippen LogP contribution in [0.25, 0.3) is 0 Å². The van der Waals surface area contributed by atoms with Crippen LogP contribution in [-0.2, 0) is 6.54 Å². The number of β-amino-alcohol motifs (C(OH)–C–C–N with tert-alkyl or cyclic N) is 1. The van der Waals surface area contributed by atoms with Crippen molar-refractivity contribution in [3.63, 3.8) is 0 Å². The van der Waals surface area contributed by atoms with Crippen molar-refractivity contribution in [2.24, 2.45) is 5.84 Å². The Morgan fingerprint density at radius 3 is 2.61 bits per heavy atom. The first-order chi connectivity index (χ1) is 8.81. The number of nitrogens with one attached hydrogen (secondary N) is 1. The Bertz CT molecular complexity index is 365. The SMILES string of the molecule is NNc1cccc(CN2CCN(CCO)CC2)n1. The Kier molecular flexibility index (Phi) is 4.89. The second-order valence-corrected chi connectivity index (χ2v) is 4.50. The molecule has 1 aliphatic rings. The third-order valence-corrected chi connectivity index (χ3v) is 3.22. The average molecular weight is 251 g/mol. The molecule has 6 heteroatoms. The van der Waals surface area contributed by atoms with Gasteiger partial charge in [-0.2, -0.15) is 0 Å². The van der Waals surface area contributed by atoms with Gasteiger partial charge < -0.3 is 10.5 Å². The van der Waals surface area contributed by atoms with Gasteiger partial charge in [0.1, 0.15) is 5.82 Å². The predicted octanol–water partition coefficient (Wildman–Crippen LogP) is -0.523. The van der Waals surface area contributed by atoms with Gasteiger partial charge in [-0.15, -0.1) is 0 Å². The molecule has 0 amide bonds. The summed E-state index contributed by atoms with van der Waals surface area (Å²) < 4.78 is 0. The molecule has 1 aromatic rings. The lowest BCUT2D eigenvalue weighted by atomic mass is 10.2. The molecule has 0 bridgehead atoms. The third-order valence-electron chi connectivity index (χ3n) is 3.22. The molecule has 0 saturated carbocycles. The summed E-state index contributed by atoms with van der Waals surface area (Å²) in [6.07, 6.45) is 0. The van der Waals surface area contributed by atoms with Crippen molar-refractivity contribution in [2.75, 3.05) is 44.8 Å². The highest BCUT2D eigenvalue weighted by Crippen LogP contribution is 2.09. The summed E-state index contributed by atoms with van der Waals surface area (Å²) in [4.78, 5) is 9.06. The quantitative estimate of drug-likeness (QED) is 0.483. The molecule has 2 heterocycles. The molecule has 2 rings (SSSR count). The number of piperazine rings is 1. The van der Waals surface area contributed by atoms with Gasteiger partial charge in [-0.1, -0.05) is 6.07 Å². The fourth-order valence-electron chi connectivity index (χ4n) is 2.19. The highest BCUT2D eigenvalue weighted by Gasteiger charge is 2.16. The molecule has 0 radical (unpaired) electrons. The molecular formula is C12H21N5O. The number of rotatable bonds is 5. The lowest BCUT2D eigenvalue weighted by Gasteiger charge is -2.34. The van der Waals surface area contributed by atoms with Gasteiger partial charge in [0.05, 0.1) is 12.3 Å². The largest absolute Gasteiger partial charge is 0.395 e. The van der Waals surface area contributed by atoms with Crippen LogP contribution in [0.3, 0.4) is 0 Å². The second kappa shape index (κ2) is 6.65. The van der Waals surface area contributed by atoms with E-state index in [9.17, 15) is 0 Å². The minimum absolute atomic E-state index is 0.242. The summed E-state index contributed by atoms with van der Waals surface area (Å²) >= 11 is 0. The van der Waals surface area contributed by atoms with Crippen molar-refractivity contribution in [1.82, 2.24) is 14.8 Å². The molecule has 4 N–H and O–H groups in total. The lowest BCUT2D eigenvalue weighted by Crippen LogP contribution is -2.46. The van der Waals surface area contributed by atoms with E-state index in [1.54, 1.807) is 0 Å². The molecule has 1 aliphatic heterocycles. The van der Waals surface area contributed by atoms with E-state index in [-0.39, 0.29) is 6.61 Å². The Balaban J connectivity index is 1.83. The molecule has 100 valence electrons. The summed E-state index contributed by atoms with van der Waals surface area (Å²) in [5, 5.41) is 8.89. The van der Waals surface area contributed by atoms with Crippen LogP contribution in [0.4, 0.5) is 5.82 Å². The highest BCUT2D eigenvalue weighted by molar-refractivity contribution is 5.33. The van der Waals surface area contributed by atoms with E-state index in [1.807, 2.05) is 18.2 Å². The summed E-state index contributed by atoms with van der Waals surface area (Å²) in [5.74, 6) is 6.05. The van der Waals surface area contributed by atoms with Crippen molar-refractivity contribution in [3.05, 3.63) is 23.9 Å². The smallest absolute Gasteiger partial charge is 0.140 e. The fraction of sp³-hybridized carbons (Fsp3) is 0.583. The van der Waals surface area contributed by atoms with Crippen LogP contribution in [0.15, 0.2) is 18.2 Å². The van der Waals surface area contributed by atoms with Gasteiger partial charge in [0.2, 0.25) is 0 Å². The van der Waals surface area contributed by atoms with Gasteiger partial charge in [-0.25, -0.2) is 10.8 Å². The summed E-state index contributed by atoms with van der Waals surface area (Å²) in [5.41, 5.74) is 3.59. The van der Waals surface area contributed by atoms with E-state index in [0.29, 0.717) is 5.82 Å². The van der Waals surface area contributed by atoms with Crippen molar-refractivity contribution in [1.29, 1.82) is 0 Å². The van der Waals surface area contributed by atoms with E-state index in [1.165, 1.54) is 0 Å². The number of nitrogens with zero attached hydrogens (tertiary/aromatic N) is 3. The molecular weight excluding hydrogens is 230 g/mol. The van der Waals surface area contributed by atoms with Crippen LogP contribution in [-0.4, -0.2) is 59.2 Å². The number of aliphatic hydroxyl groups is 1. The molecule has 0 unspecified atom stereocenters. The fourth-order valence-corrected chi connectivity index (χ4v) is 2.19. The number of nitrogen functional groups attached to an aromatic ring is 1. The molecule has 18 heavy (non-hydrogen) atoms. The van der Waals surface area contributed by atoms with Crippen molar-refractivity contribution < 1.29 is 5.11 Å². The zero-order chi connectivity index (χ0) is 12.8. The Morgan fingerprint density at radius 1 is 1.22 bits per heavy atom. The van der Waals surface area contributed by atoms with E-state index in [2.05, 4.69) is 20.2 Å². The van der Waals surface area contributed by atoms with E-state index in [0.717, 1.165) is 45.0 Å². The van der Waals surface area contributed by atoms with Crippen molar-refractivity contribution in [2.45, 2.75) is 6.54 Å². The van der Waals surface area contributed by atoms with Gasteiger partial charge in [0.15, 0.2) is 0 Å². The summed E-state index contributed by atoms with van der Waals surface area (Å²) in [6, 6.07) is 5.82. The van der Waals surface area contributed by atoms with E-state index < -0.39 is 0 Å². The Labute approximate surface area is 107 Å². The molecule has 1 aromatic heterocycles. The lowest BCUT2D eigenvalue weighted by molar-refractivity contribution is 0.108. The Hall–Kier alpha value is -1.21. The number of aromatic nitrogens is 1. The molecule has 0 aromatic carbocycles. The van der Waals surface area contributed by atoms with Crippen LogP contribution >= 0.6 is 0 Å². The van der Waals surface area contributed by atoms with Gasteiger partial charge in [0, 0.05) is 39.3 Å². The monoisotopic (exact) mass is 251 g/mol. The zero-order valence-electron chi connectivity index (χ0n) is 10.5. The average Bonchev–Trinajstić information content (AvgIpc) is 2.42. The summed E-state index contributed by atoms with van der Waals surface area (Å²) in [7, 11) is 0. The number of pyridine rings is 1. The maximum Gasteiger partial charge on any atom is 0.140 e. The number of anilines is 1. The minimum Gasteiger partial charge on any atom is -0.395 e. The van der Waals surface area contributed by atoms with Crippen molar-refractivity contribution >= 4 is 5.82 Å². The number of hydrogen-bond donors (Lipinski definition) is 3. The van der Waals surface area contributed by atoms with Crippen LogP contribution in [0.2, 0.25) is 0 Å². The molecule has 0 atom stereocenters. The van der Waals surface area contributed by atoms with E-state index in [4.69, 9.17) is 10.9 Å². The molecule has 0 aliphatic carbocycles. The van der Waals surface area contributed by atoms with E-state index >= 15 is 0 Å². The van der Waals surface area contributed by atoms with Gasteiger partial charge >= 0.3 is 0 Å². The Morgan fingerprint density at radius 2 is 1.94 bits per heavy atom. The zero-order valence-corrected chi connectivity index (χ0v) is 10.5. The normalized spacial score (nSPS) is 17.9. The molecule has 6 nitrogen and oxygen atoms in total. The first-order valence-corrected chi connectivity index (χ1v) is 6.30. The first-order valence-electron chi connectivity index (χ1n) is 6.30. The first kappa shape index (κ1) is 13.2. The van der Waals surface area contributed by atoms with Crippen LogP contribution in [0, 0.1) is 0 Å². The van der Waals surface area contributed by atoms with Gasteiger partial charge in [-0.3, -0.25) is 9.80 Å². The minimum atomic E-state index is 0.242. The maximum atomic E-state index is 8.89. The van der Waals surface area contributed by atoms with Crippen LogP contribution in [0.1, 0.15) is 5.69 Å². The van der Waals surface area contributed by atoms with Gasteiger partial charge in [-0.05, 0) is 12.1 Å². The van der Waals surface area contributed by atoms with Crippen molar-refractivity contribution in [3.8, 4) is 0 Å². The number of hydrazine groups is 1. The van der Waals surface area contributed by atoms with Gasteiger partial charge in [0.25, 0.3) is 0 Å². The number of hydrogen-bond acceptors (Lipinski definition) is 6. The van der Waals surface area contributed by atoms with Crippen LogP contribution in [0.5, 0.6) is 0 Å². The standard InChI is InChI=1S/C12H21N5O/c13-15-12-3-1-2-11(14-12)10-17-6-4-16(5-7-17)8-9-18/h1-3,18H,4-10,13H2,(H,14,15). The second-order valence-electron chi connectivity index (χ2n) is 4.50. The maximum absolute atomic E-state index is 8.89. The predicted molar refractivity (Wildman–Crippen MR) is 70.8 cm³/mol. The number of aliphatic hydroxyl groups excluding tert-OH is 1. The molecule has 1 saturated heterocycles. The number of nitrogens with two attached hydrogens (primary N) is 1.